The first-order valence-electron chi connectivity index (χ1n) is 6.70. The molecule has 0 aliphatic heterocycles. The Labute approximate surface area is 140 Å². The van der Waals surface area contributed by atoms with Gasteiger partial charge in [0.15, 0.2) is 0 Å². The van der Waals surface area contributed by atoms with Gasteiger partial charge in [-0.05, 0) is 15.9 Å². The third kappa shape index (κ3) is 3.52. The van der Waals surface area contributed by atoms with Crippen LogP contribution in [0.1, 0.15) is 25.6 Å². The average molecular weight is 383 g/mol. The predicted octanol–water partition coefficient (Wildman–Crippen LogP) is 1.88. The summed E-state index contributed by atoms with van der Waals surface area (Å²) in [6, 6.07) is 0. The van der Waals surface area contributed by atoms with Crippen molar-refractivity contribution in [1.29, 1.82) is 0 Å². The minimum absolute atomic E-state index is 0.0493. The molecule has 0 saturated carbocycles. The van der Waals surface area contributed by atoms with Crippen molar-refractivity contribution in [3.63, 3.8) is 0 Å². The molecule has 2 rings (SSSR count). The van der Waals surface area contributed by atoms with Gasteiger partial charge in [0.2, 0.25) is 11.9 Å². The van der Waals surface area contributed by atoms with E-state index in [2.05, 4.69) is 30.9 Å². The molecule has 0 radical (unpaired) electrons. The summed E-state index contributed by atoms with van der Waals surface area (Å²) in [6.07, 6.45) is 2.50. The normalized spacial score (nSPS) is 10.9. The minimum Gasteiger partial charge on any atom is -0.347 e. The zero-order chi connectivity index (χ0) is 17.3. The Balaban J connectivity index is 2.71. The molecule has 0 aromatic carbocycles. The SMILES string of the molecule is CC(C)c1nc(N(C)C)nc(-n2cc(Br)c(=O)c([N+](=O)[O-])c2)n1. The summed E-state index contributed by atoms with van der Waals surface area (Å²) in [4.78, 5) is 36.7. The van der Waals surface area contributed by atoms with Crippen LogP contribution in [0.15, 0.2) is 21.7 Å². The van der Waals surface area contributed by atoms with Crippen LogP contribution >= 0.6 is 15.9 Å². The van der Waals surface area contributed by atoms with Crippen LogP contribution in [0.5, 0.6) is 0 Å². The van der Waals surface area contributed by atoms with Crippen LogP contribution in [-0.2, 0) is 0 Å². The number of pyridine rings is 1. The van der Waals surface area contributed by atoms with Crippen molar-refractivity contribution in [2.24, 2.45) is 0 Å². The molecule has 0 atom stereocenters. The van der Waals surface area contributed by atoms with Crippen molar-refractivity contribution < 1.29 is 4.92 Å². The second-order valence-corrected chi connectivity index (χ2v) is 6.18. The zero-order valence-electron chi connectivity index (χ0n) is 13.0. The standard InChI is InChI=1S/C13H15BrN6O3/c1-7(2)11-15-12(18(3)4)17-13(16-11)19-5-8(14)10(21)9(6-19)20(22)23/h5-7H,1-4H3. The Kier molecular flexibility index (Phi) is 4.73. The van der Waals surface area contributed by atoms with Gasteiger partial charge in [-0.3, -0.25) is 19.5 Å². The van der Waals surface area contributed by atoms with Gasteiger partial charge < -0.3 is 4.90 Å². The third-order valence-corrected chi connectivity index (χ3v) is 3.50. The fourth-order valence-corrected chi connectivity index (χ4v) is 2.14. The molecule has 23 heavy (non-hydrogen) atoms. The van der Waals surface area contributed by atoms with Crippen molar-refractivity contribution >= 4 is 27.6 Å². The van der Waals surface area contributed by atoms with Crippen LogP contribution in [0.3, 0.4) is 0 Å². The van der Waals surface area contributed by atoms with E-state index in [1.165, 1.54) is 10.8 Å². The van der Waals surface area contributed by atoms with Gasteiger partial charge in [-0.1, -0.05) is 13.8 Å². The molecule has 0 bridgehead atoms. The van der Waals surface area contributed by atoms with Crippen LogP contribution in [0.4, 0.5) is 11.6 Å². The summed E-state index contributed by atoms with van der Waals surface area (Å²) < 4.78 is 1.40. The van der Waals surface area contributed by atoms with E-state index in [0.29, 0.717) is 11.8 Å². The molecule has 9 nitrogen and oxygen atoms in total. The Morgan fingerprint density at radius 2 is 1.91 bits per heavy atom. The van der Waals surface area contributed by atoms with Crippen molar-refractivity contribution in [3.8, 4) is 5.95 Å². The van der Waals surface area contributed by atoms with Crippen LogP contribution in [-0.4, -0.2) is 38.5 Å². The highest BCUT2D eigenvalue weighted by molar-refractivity contribution is 9.10. The molecule has 2 heterocycles. The lowest BCUT2D eigenvalue weighted by Gasteiger charge is -2.15. The molecule has 122 valence electrons. The molecule has 0 spiro atoms. The number of rotatable bonds is 4. The average Bonchev–Trinajstić information content (AvgIpc) is 2.48. The van der Waals surface area contributed by atoms with E-state index >= 15 is 0 Å². The summed E-state index contributed by atoms with van der Waals surface area (Å²) in [5.41, 5.74) is -1.26. The summed E-state index contributed by atoms with van der Waals surface area (Å²) >= 11 is 3.04. The van der Waals surface area contributed by atoms with Crippen LogP contribution in [0.2, 0.25) is 0 Å². The van der Waals surface area contributed by atoms with E-state index in [1.54, 1.807) is 19.0 Å². The number of nitrogens with zero attached hydrogens (tertiary/aromatic N) is 6. The fraction of sp³-hybridized carbons (Fsp3) is 0.385. The molecule has 0 aliphatic carbocycles. The molecular formula is C13H15BrN6O3. The van der Waals surface area contributed by atoms with Gasteiger partial charge >= 0.3 is 5.69 Å². The van der Waals surface area contributed by atoms with E-state index in [1.807, 2.05) is 13.8 Å². The first-order chi connectivity index (χ1) is 10.7. The van der Waals surface area contributed by atoms with E-state index < -0.39 is 16.0 Å². The van der Waals surface area contributed by atoms with Crippen molar-refractivity contribution in [2.75, 3.05) is 19.0 Å². The summed E-state index contributed by atoms with van der Waals surface area (Å²) in [5.74, 6) is 1.23. The first kappa shape index (κ1) is 17.0. The highest BCUT2D eigenvalue weighted by Crippen LogP contribution is 2.17. The molecule has 10 heteroatoms. The van der Waals surface area contributed by atoms with Crippen LogP contribution < -0.4 is 10.3 Å². The van der Waals surface area contributed by atoms with Gasteiger partial charge in [-0.25, -0.2) is 0 Å². The second-order valence-electron chi connectivity index (χ2n) is 5.33. The molecule has 0 N–H and O–H groups in total. The maximum Gasteiger partial charge on any atom is 0.333 e. The fourth-order valence-electron chi connectivity index (χ4n) is 1.72. The molecule has 0 amide bonds. The van der Waals surface area contributed by atoms with Gasteiger partial charge in [0.1, 0.15) is 5.82 Å². The lowest BCUT2D eigenvalue weighted by molar-refractivity contribution is -0.386. The Morgan fingerprint density at radius 1 is 1.26 bits per heavy atom. The lowest BCUT2D eigenvalue weighted by atomic mass is 10.2. The van der Waals surface area contributed by atoms with Crippen molar-refractivity contribution in [3.05, 3.63) is 43.0 Å². The maximum atomic E-state index is 11.8. The van der Waals surface area contributed by atoms with Crippen molar-refractivity contribution in [1.82, 2.24) is 19.5 Å². The lowest BCUT2D eigenvalue weighted by Crippen LogP contribution is -2.19. The molecule has 0 aliphatic rings. The monoisotopic (exact) mass is 382 g/mol. The highest BCUT2D eigenvalue weighted by atomic mass is 79.9. The molecule has 0 fully saturated rings. The number of hydrogen-bond acceptors (Lipinski definition) is 7. The Bertz CT molecular complexity index is 792. The smallest absolute Gasteiger partial charge is 0.333 e. The quantitative estimate of drug-likeness (QED) is 0.586. The topological polar surface area (TPSA) is 107 Å². The third-order valence-electron chi connectivity index (χ3n) is 2.94. The van der Waals surface area contributed by atoms with Gasteiger partial charge in [0.25, 0.3) is 5.43 Å². The van der Waals surface area contributed by atoms with E-state index in [0.717, 1.165) is 6.20 Å². The number of halogens is 1. The van der Waals surface area contributed by atoms with Gasteiger partial charge in [0.05, 0.1) is 15.6 Å². The Morgan fingerprint density at radius 3 is 2.43 bits per heavy atom. The largest absolute Gasteiger partial charge is 0.347 e. The maximum absolute atomic E-state index is 11.8. The minimum atomic E-state index is -0.735. The molecule has 0 saturated heterocycles. The number of aromatic nitrogens is 4. The number of hydrogen-bond donors (Lipinski definition) is 0. The van der Waals surface area contributed by atoms with Crippen LogP contribution in [0.25, 0.3) is 5.95 Å². The summed E-state index contributed by atoms with van der Waals surface area (Å²) in [5, 5.41) is 11.0. The summed E-state index contributed by atoms with van der Waals surface area (Å²) in [6.45, 7) is 3.87. The molecule has 2 aromatic heterocycles. The Hall–Kier alpha value is -2.36. The van der Waals surface area contributed by atoms with E-state index in [9.17, 15) is 14.9 Å². The predicted molar refractivity (Wildman–Crippen MR) is 88.2 cm³/mol. The van der Waals surface area contributed by atoms with E-state index in [-0.39, 0.29) is 16.3 Å². The highest BCUT2D eigenvalue weighted by Gasteiger charge is 2.19. The van der Waals surface area contributed by atoms with Gasteiger partial charge in [0, 0.05) is 26.2 Å². The summed E-state index contributed by atoms with van der Waals surface area (Å²) in [7, 11) is 3.57. The number of nitro groups is 1. The zero-order valence-corrected chi connectivity index (χ0v) is 14.6. The molecule has 2 aromatic rings. The van der Waals surface area contributed by atoms with Gasteiger partial charge in [-0.15, -0.1) is 0 Å². The van der Waals surface area contributed by atoms with Crippen molar-refractivity contribution in [2.45, 2.75) is 19.8 Å². The van der Waals surface area contributed by atoms with E-state index in [4.69, 9.17) is 0 Å². The second kappa shape index (κ2) is 6.41. The first-order valence-corrected chi connectivity index (χ1v) is 7.50. The van der Waals surface area contributed by atoms with Crippen LogP contribution in [0, 0.1) is 10.1 Å². The number of anilines is 1. The molecule has 0 unspecified atom stereocenters. The van der Waals surface area contributed by atoms with Gasteiger partial charge in [-0.2, -0.15) is 15.0 Å². The molecular weight excluding hydrogens is 368 g/mol.